The zero-order valence-electron chi connectivity index (χ0n) is 11.4. The quantitative estimate of drug-likeness (QED) is 0.774. The summed E-state index contributed by atoms with van der Waals surface area (Å²) in [6.45, 7) is 3.95. The molecule has 2 aromatic heterocycles. The number of fused-ring (bicyclic) bond motifs is 1. The number of thiazole rings is 1. The second-order valence-corrected chi connectivity index (χ2v) is 5.99. The summed E-state index contributed by atoms with van der Waals surface area (Å²) in [6.07, 6.45) is 2.25. The van der Waals surface area contributed by atoms with Crippen LogP contribution in [0.15, 0.2) is 30.5 Å². The van der Waals surface area contributed by atoms with Gasteiger partial charge in [0.25, 0.3) is 0 Å². The van der Waals surface area contributed by atoms with Crippen molar-refractivity contribution in [2.75, 3.05) is 5.32 Å². The average molecular weight is 285 g/mol. The molecule has 0 aliphatic heterocycles. The molecule has 0 aliphatic rings. The molecule has 1 aromatic carbocycles. The summed E-state index contributed by atoms with van der Waals surface area (Å²) in [5.41, 5.74) is 3.01. The van der Waals surface area contributed by atoms with E-state index < -0.39 is 0 Å². The highest BCUT2D eigenvalue weighted by Gasteiger charge is 2.09. The zero-order valence-corrected chi connectivity index (χ0v) is 12.2. The highest BCUT2D eigenvalue weighted by atomic mass is 32.1. The Bertz CT molecular complexity index is 753. The number of aromatic amines is 1. The van der Waals surface area contributed by atoms with Gasteiger partial charge in [-0.1, -0.05) is 12.1 Å². The van der Waals surface area contributed by atoms with Crippen LogP contribution in [0.2, 0.25) is 0 Å². The number of anilines is 1. The first-order chi connectivity index (χ1) is 9.61. The Kier molecular flexibility index (Phi) is 3.28. The van der Waals surface area contributed by atoms with Crippen LogP contribution in [0.25, 0.3) is 10.9 Å². The van der Waals surface area contributed by atoms with E-state index in [9.17, 15) is 4.79 Å². The number of carbonyl (C=O) groups excluding carboxylic acids is 1. The monoisotopic (exact) mass is 285 g/mol. The van der Waals surface area contributed by atoms with Crippen LogP contribution in [0.1, 0.15) is 16.1 Å². The molecule has 0 saturated carbocycles. The van der Waals surface area contributed by atoms with E-state index >= 15 is 0 Å². The van der Waals surface area contributed by atoms with Gasteiger partial charge in [0, 0.05) is 16.6 Å². The lowest BCUT2D eigenvalue weighted by atomic mass is 10.1. The standard InChI is InChI=1S/C15H15N3OS/c1-9-10(2)20-15(17-9)18-14(19)8-11-3-4-12-5-6-16-13(12)7-11/h3-7,16H,8H2,1-2H3,(H,17,18,19). The smallest absolute Gasteiger partial charge is 0.230 e. The largest absolute Gasteiger partial charge is 0.361 e. The number of hydrogen-bond acceptors (Lipinski definition) is 3. The first kappa shape index (κ1) is 12.9. The van der Waals surface area contributed by atoms with E-state index in [4.69, 9.17) is 0 Å². The van der Waals surface area contributed by atoms with Crippen molar-refractivity contribution in [2.45, 2.75) is 20.3 Å². The van der Waals surface area contributed by atoms with Crippen LogP contribution in [-0.2, 0) is 11.2 Å². The number of rotatable bonds is 3. The molecule has 0 saturated heterocycles. The first-order valence-electron chi connectivity index (χ1n) is 6.42. The minimum absolute atomic E-state index is 0.0374. The number of benzene rings is 1. The third-order valence-corrected chi connectivity index (χ3v) is 4.25. The number of amides is 1. The third-order valence-electron chi connectivity index (χ3n) is 3.26. The van der Waals surface area contributed by atoms with Gasteiger partial charge in [-0.15, -0.1) is 11.3 Å². The van der Waals surface area contributed by atoms with Gasteiger partial charge in [-0.05, 0) is 36.9 Å². The number of carbonyl (C=O) groups is 1. The number of aryl methyl sites for hydroxylation is 2. The van der Waals surface area contributed by atoms with E-state index in [1.807, 2.05) is 44.3 Å². The molecule has 0 atom stereocenters. The molecule has 0 radical (unpaired) electrons. The molecule has 0 fully saturated rings. The number of nitrogens with zero attached hydrogens (tertiary/aromatic N) is 1. The normalized spacial score (nSPS) is 10.9. The van der Waals surface area contributed by atoms with Crippen molar-refractivity contribution in [2.24, 2.45) is 0 Å². The molecule has 2 heterocycles. The summed E-state index contributed by atoms with van der Waals surface area (Å²) >= 11 is 1.51. The molecule has 5 heteroatoms. The molecule has 0 unspecified atom stereocenters. The summed E-state index contributed by atoms with van der Waals surface area (Å²) in [5, 5.41) is 4.68. The Morgan fingerprint density at radius 1 is 1.35 bits per heavy atom. The lowest BCUT2D eigenvalue weighted by molar-refractivity contribution is -0.115. The Morgan fingerprint density at radius 2 is 2.20 bits per heavy atom. The summed E-state index contributed by atoms with van der Waals surface area (Å²) in [5.74, 6) is -0.0374. The molecule has 4 nitrogen and oxygen atoms in total. The third kappa shape index (κ3) is 2.58. The minimum atomic E-state index is -0.0374. The van der Waals surface area contributed by atoms with Crippen LogP contribution in [0.3, 0.4) is 0 Å². The van der Waals surface area contributed by atoms with E-state index in [0.29, 0.717) is 11.6 Å². The van der Waals surface area contributed by atoms with Crippen molar-refractivity contribution in [3.05, 3.63) is 46.6 Å². The van der Waals surface area contributed by atoms with Gasteiger partial charge in [0.2, 0.25) is 5.91 Å². The molecule has 2 N–H and O–H groups in total. The fourth-order valence-corrected chi connectivity index (χ4v) is 2.91. The van der Waals surface area contributed by atoms with Crippen LogP contribution in [0.5, 0.6) is 0 Å². The molecule has 3 aromatic rings. The summed E-state index contributed by atoms with van der Waals surface area (Å²) in [6, 6.07) is 8.02. The predicted octanol–water partition coefficient (Wildman–Crippen LogP) is 3.42. The molecule has 0 bridgehead atoms. The van der Waals surface area contributed by atoms with Crippen molar-refractivity contribution in [1.29, 1.82) is 0 Å². The molecule has 20 heavy (non-hydrogen) atoms. The van der Waals surface area contributed by atoms with Crippen LogP contribution in [0, 0.1) is 13.8 Å². The van der Waals surface area contributed by atoms with E-state index in [1.165, 1.54) is 11.3 Å². The van der Waals surface area contributed by atoms with Crippen molar-refractivity contribution in [3.63, 3.8) is 0 Å². The topological polar surface area (TPSA) is 57.8 Å². The van der Waals surface area contributed by atoms with Gasteiger partial charge in [0.15, 0.2) is 5.13 Å². The Balaban J connectivity index is 1.71. The maximum Gasteiger partial charge on any atom is 0.230 e. The molecular formula is C15H15N3OS. The maximum atomic E-state index is 12.0. The average Bonchev–Trinajstić information content (AvgIpc) is 2.96. The molecule has 102 valence electrons. The number of H-pyrrole nitrogens is 1. The zero-order chi connectivity index (χ0) is 14.1. The second kappa shape index (κ2) is 5.09. The number of hydrogen-bond donors (Lipinski definition) is 2. The Hall–Kier alpha value is -2.14. The van der Waals surface area contributed by atoms with Crippen LogP contribution < -0.4 is 5.32 Å². The summed E-state index contributed by atoms with van der Waals surface area (Å²) in [4.78, 5) is 20.6. The van der Waals surface area contributed by atoms with Gasteiger partial charge >= 0.3 is 0 Å². The van der Waals surface area contributed by atoms with E-state index in [-0.39, 0.29) is 5.91 Å². The van der Waals surface area contributed by atoms with Crippen LogP contribution in [0.4, 0.5) is 5.13 Å². The van der Waals surface area contributed by atoms with Crippen LogP contribution >= 0.6 is 11.3 Å². The summed E-state index contributed by atoms with van der Waals surface area (Å²) < 4.78 is 0. The molecule has 0 aliphatic carbocycles. The highest BCUT2D eigenvalue weighted by molar-refractivity contribution is 7.15. The van der Waals surface area contributed by atoms with Gasteiger partial charge in [-0.25, -0.2) is 4.98 Å². The van der Waals surface area contributed by atoms with Crippen molar-refractivity contribution in [1.82, 2.24) is 9.97 Å². The lowest BCUT2D eigenvalue weighted by Crippen LogP contribution is -2.14. The first-order valence-corrected chi connectivity index (χ1v) is 7.23. The molecule has 1 amide bonds. The predicted molar refractivity (Wildman–Crippen MR) is 82.2 cm³/mol. The molecule has 3 rings (SSSR count). The Labute approximate surface area is 120 Å². The van der Waals surface area contributed by atoms with Gasteiger partial charge in [0.05, 0.1) is 12.1 Å². The number of nitrogens with one attached hydrogen (secondary N) is 2. The second-order valence-electron chi connectivity index (χ2n) is 4.78. The Morgan fingerprint density at radius 3 is 2.95 bits per heavy atom. The van der Waals surface area contributed by atoms with Crippen molar-refractivity contribution < 1.29 is 4.79 Å². The number of aromatic nitrogens is 2. The van der Waals surface area contributed by atoms with Crippen LogP contribution in [-0.4, -0.2) is 15.9 Å². The summed E-state index contributed by atoms with van der Waals surface area (Å²) in [7, 11) is 0. The molecular weight excluding hydrogens is 270 g/mol. The highest BCUT2D eigenvalue weighted by Crippen LogP contribution is 2.21. The van der Waals surface area contributed by atoms with Gasteiger partial charge < -0.3 is 10.3 Å². The van der Waals surface area contributed by atoms with Crippen molar-refractivity contribution in [3.8, 4) is 0 Å². The van der Waals surface area contributed by atoms with Crippen molar-refractivity contribution >= 4 is 33.3 Å². The van der Waals surface area contributed by atoms with E-state index in [2.05, 4.69) is 15.3 Å². The van der Waals surface area contributed by atoms with E-state index in [0.717, 1.165) is 27.0 Å². The fourth-order valence-electron chi connectivity index (χ4n) is 2.08. The van der Waals surface area contributed by atoms with Gasteiger partial charge in [0.1, 0.15) is 0 Å². The lowest BCUT2D eigenvalue weighted by Gasteiger charge is -2.02. The maximum absolute atomic E-state index is 12.0. The molecule has 0 spiro atoms. The minimum Gasteiger partial charge on any atom is -0.361 e. The van der Waals surface area contributed by atoms with Gasteiger partial charge in [-0.3, -0.25) is 4.79 Å². The van der Waals surface area contributed by atoms with E-state index in [1.54, 1.807) is 0 Å². The SMILES string of the molecule is Cc1nc(NC(=O)Cc2ccc3cc[nH]c3c2)sc1C. The van der Waals surface area contributed by atoms with Gasteiger partial charge in [-0.2, -0.15) is 0 Å². The fraction of sp³-hybridized carbons (Fsp3) is 0.200.